The quantitative estimate of drug-likeness (QED) is 0.349. The van der Waals surface area contributed by atoms with Crippen molar-refractivity contribution in [1.29, 1.82) is 0 Å². The van der Waals surface area contributed by atoms with Crippen LogP contribution in [0.3, 0.4) is 0 Å². The van der Waals surface area contributed by atoms with E-state index >= 15 is 0 Å². The van der Waals surface area contributed by atoms with E-state index in [0.29, 0.717) is 6.61 Å². The first-order valence-electron chi connectivity index (χ1n) is 3.68. The van der Waals surface area contributed by atoms with Gasteiger partial charge in [-0.1, -0.05) is 6.08 Å². The average Bonchev–Trinajstić information content (AvgIpc) is 1.87. The molecule has 0 radical (unpaired) electrons. The third kappa shape index (κ3) is 7.66. The summed E-state index contributed by atoms with van der Waals surface area (Å²) in [6.07, 6.45) is 4.39. The molecule has 60 valence electrons. The van der Waals surface area contributed by atoms with Crippen LogP contribution in [0.1, 0.15) is 26.2 Å². The lowest BCUT2D eigenvalue weighted by Gasteiger charge is -2.04. The SMILES string of the molecule is C=CCCCCOC(C)O. The largest absolute Gasteiger partial charge is 0.368 e. The molecule has 10 heavy (non-hydrogen) atoms. The molecule has 0 saturated heterocycles. The second-order valence-electron chi connectivity index (χ2n) is 2.25. The fourth-order valence-corrected chi connectivity index (χ4v) is 0.645. The topological polar surface area (TPSA) is 29.5 Å². The van der Waals surface area contributed by atoms with Crippen LogP contribution in [-0.2, 0) is 4.74 Å². The van der Waals surface area contributed by atoms with Gasteiger partial charge in [-0.25, -0.2) is 0 Å². The minimum atomic E-state index is -0.622. The Balaban J connectivity index is 2.83. The molecule has 0 amide bonds. The van der Waals surface area contributed by atoms with Crippen LogP contribution in [-0.4, -0.2) is 18.0 Å². The molecule has 2 heteroatoms. The van der Waals surface area contributed by atoms with Gasteiger partial charge in [-0.3, -0.25) is 0 Å². The molecular formula is C8H16O2. The Morgan fingerprint density at radius 2 is 2.30 bits per heavy atom. The van der Waals surface area contributed by atoms with E-state index in [9.17, 15) is 0 Å². The smallest absolute Gasteiger partial charge is 0.151 e. The molecule has 0 fully saturated rings. The van der Waals surface area contributed by atoms with E-state index in [2.05, 4.69) is 6.58 Å². The number of aliphatic hydroxyl groups is 1. The van der Waals surface area contributed by atoms with E-state index in [1.54, 1.807) is 6.92 Å². The number of hydrogen-bond acceptors (Lipinski definition) is 2. The second-order valence-corrected chi connectivity index (χ2v) is 2.25. The van der Waals surface area contributed by atoms with Crippen LogP contribution in [0.15, 0.2) is 12.7 Å². The number of allylic oxidation sites excluding steroid dienone is 1. The summed E-state index contributed by atoms with van der Waals surface area (Å²) in [5.74, 6) is 0. The van der Waals surface area contributed by atoms with Gasteiger partial charge in [0.05, 0.1) is 0 Å². The Hall–Kier alpha value is -0.340. The zero-order valence-electron chi connectivity index (χ0n) is 6.55. The summed E-state index contributed by atoms with van der Waals surface area (Å²) in [6, 6.07) is 0. The maximum absolute atomic E-state index is 8.67. The standard InChI is InChI=1S/C8H16O2/c1-3-4-5-6-7-10-8(2)9/h3,8-9H,1,4-7H2,2H3. The van der Waals surface area contributed by atoms with E-state index in [0.717, 1.165) is 19.3 Å². The lowest BCUT2D eigenvalue weighted by molar-refractivity contribution is -0.0858. The van der Waals surface area contributed by atoms with E-state index < -0.39 is 6.29 Å². The first-order chi connectivity index (χ1) is 4.77. The van der Waals surface area contributed by atoms with Crippen molar-refractivity contribution in [3.8, 4) is 0 Å². The summed E-state index contributed by atoms with van der Waals surface area (Å²) < 4.78 is 4.91. The molecule has 0 heterocycles. The molecule has 1 N–H and O–H groups in total. The molecule has 0 rings (SSSR count). The summed E-state index contributed by atoms with van der Waals surface area (Å²) in [4.78, 5) is 0. The minimum Gasteiger partial charge on any atom is -0.368 e. The predicted molar refractivity (Wildman–Crippen MR) is 41.7 cm³/mol. The van der Waals surface area contributed by atoms with Crippen LogP contribution >= 0.6 is 0 Å². The highest BCUT2D eigenvalue weighted by molar-refractivity contribution is 4.65. The Kier molecular flexibility index (Phi) is 6.55. The average molecular weight is 144 g/mol. The van der Waals surface area contributed by atoms with Gasteiger partial charge < -0.3 is 9.84 Å². The molecule has 1 atom stereocenters. The van der Waals surface area contributed by atoms with Crippen molar-refractivity contribution >= 4 is 0 Å². The van der Waals surface area contributed by atoms with E-state index in [1.807, 2.05) is 6.08 Å². The lowest BCUT2D eigenvalue weighted by atomic mass is 10.2. The highest BCUT2D eigenvalue weighted by Gasteiger charge is 1.92. The van der Waals surface area contributed by atoms with Gasteiger partial charge in [-0.2, -0.15) is 0 Å². The third-order valence-electron chi connectivity index (χ3n) is 1.16. The Morgan fingerprint density at radius 3 is 2.80 bits per heavy atom. The van der Waals surface area contributed by atoms with E-state index in [1.165, 1.54) is 0 Å². The second kappa shape index (κ2) is 6.78. The van der Waals surface area contributed by atoms with Crippen LogP contribution in [0.25, 0.3) is 0 Å². The normalized spacial score (nSPS) is 13.0. The molecule has 0 aromatic heterocycles. The van der Waals surface area contributed by atoms with Gasteiger partial charge in [-0.15, -0.1) is 6.58 Å². The van der Waals surface area contributed by atoms with Crippen molar-refractivity contribution in [2.24, 2.45) is 0 Å². The molecule has 0 aliphatic heterocycles. The molecule has 0 spiro atoms. The predicted octanol–water partition coefficient (Wildman–Crippen LogP) is 1.70. The summed E-state index contributed by atoms with van der Waals surface area (Å²) >= 11 is 0. The van der Waals surface area contributed by atoms with Crippen molar-refractivity contribution in [3.05, 3.63) is 12.7 Å². The number of aliphatic hydroxyl groups excluding tert-OH is 1. The van der Waals surface area contributed by atoms with Gasteiger partial charge in [0.15, 0.2) is 6.29 Å². The monoisotopic (exact) mass is 144 g/mol. The maximum atomic E-state index is 8.67. The molecule has 0 aliphatic rings. The van der Waals surface area contributed by atoms with Crippen molar-refractivity contribution in [3.63, 3.8) is 0 Å². The van der Waals surface area contributed by atoms with Crippen LogP contribution in [0, 0.1) is 0 Å². The van der Waals surface area contributed by atoms with Gasteiger partial charge in [0.25, 0.3) is 0 Å². The van der Waals surface area contributed by atoms with E-state index in [-0.39, 0.29) is 0 Å². The first-order valence-corrected chi connectivity index (χ1v) is 3.68. The van der Waals surface area contributed by atoms with Crippen LogP contribution in [0.2, 0.25) is 0 Å². The summed E-state index contributed by atoms with van der Waals surface area (Å²) in [7, 11) is 0. The van der Waals surface area contributed by atoms with Crippen molar-refractivity contribution in [2.45, 2.75) is 32.5 Å². The summed E-state index contributed by atoms with van der Waals surface area (Å²) in [6.45, 7) is 5.87. The molecule has 0 aromatic rings. The maximum Gasteiger partial charge on any atom is 0.151 e. The van der Waals surface area contributed by atoms with Crippen LogP contribution in [0.5, 0.6) is 0 Å². The summed E-state index contributed by atoms with van der Waals surface area (Å²) in [5, 5.41) is 8.67. The zero-order chi connectivity index (χ0) is 7.82. The summed E-state index contributed by atoms with van der Waals surface area (Å²) in [5.41, 5.74) is 0. The molecule has 0 saturated carbocycles. The molecule has 1 unspecified atom stereocenters. The van der Waals surface area contributed by atoms with Gasteiger partial charge in [-0.05, 0) is 26.2 Å². The lowest BCUT2D eigenvalue weighted by Crippen LogP contribution is -2.06. The molecule has 0 bridgehead atoms. The molecule has 0 aliphatic carbocycles. The van der Waals surface area contributed by atoms with Crippen LogP contribution in [0.4, 0.5) is 0 Å². The highest BCUT2D eigenvalue weighted by Crippen LogP contribution is 1.96. The zero-order valence-corrected chi connectivity index (χ0v) is 6.55. The molecular weight excluding hydrogens is 128 g/mol. The number of rotatable bonds is 6. The first kappa shape index (κ1) is 9.66. The number of hydrogen-bond donors (Lipinski definition) is 1. The third-order valence-corrected chi connectivity index (χ3v) is 1.16. The van der Waals surface area contributed by atoms with Crippen molar-refractivity contribution in [2.75, 3.05) is 6.61 Å². The Bertz CT molecular complexity index is 79.3. The fraction of sp³-hybridized carbons (Fsp3) is 0.750. The Morgan fingerprint density at radius 1 is 1.60 bits per heavy atom. The molecule has 0 aromatic carbocycles. The van der Waals surface area contributed by atoms with Gasteiger partial charge in [0.1, 0.15) is 0 Å². The minimum absolute atomic E-state index is 0.622. The fourth-order valence-electron chi connectivity index (χ4n) is 0.645. The van der Waals surface area contributed by atoms with Crippen LogP contribution < -0.4 is 0 Å². The van der Waals surface area contributed by atoms with Crippen molar-refractivity contribution in [1.82, 2.24) is 0 Å². The van der Waals surface area contributed by atoms with Gasteiger partial charge in [0.2, 0.25) is 0 Å². The highest BCUT2D eigenvalue weighted by atomic mass is 16.6. The number of ether oxygens (including phenoxy) is 1. The van der Waals surface area contributed by atoms with E-state index in [4.69, 9.17) is 9.84 Å². The number of unbranched alkanes of at least 4 members (excludes halogenated alkanes) is 2. The molecule has 2 nitrogen and oxygen atoms in total. The Labute approximate surface area is 62.5 Å². The van der Waals surface area contributed by atoms with Gasteiger partial charge in [0, 0.05) is 6.61 Å². The van der Waals surface area contributed by atoms with Gasteiger partial charge >= 0.3 is 0 Å². The van der Waals surface area contributed by atoms with Crippen molar-refractivity contribution < 1.29 is 9.84 Å².